The molecule has 0 N–H and O–H groups in total. The van der Waals surface area contributed by atoms with Crippen LogP contribution in [0.25, 0.3) is 0 Å². The summed E-state index contributed by atoms with van der Waals surface area (Å²) in [5, 5.41) is 11.3. The maximum absolute atomic E-state index is 10.7. The van der Waals surface area contributed by atoms with E-state index in [2.05, 4.69) is 34.7 Å². The average molecular weight is 287 g/mol. The predicted octanol–water partition coefficient (Wildman–Crippen LogP) is 3.34. The van der Waals surface area contributed by atoms with Gasteiger partial charge in [-0.25, -0.2) is 0 Å². The van der Waals surface area contributed by atoms with Crippen LogP contribution in [0.5, 0.6) is 0 Å². The SMILES string of the molecule is CCN(CC)c1ccc([N+](=O)[O-])cc1CBr. The van der Waals surface area contributed by atoms with E-state index >= 15 is 0 Å². The van der Waals surface area contributed by atoms with Gasteiger partial charge < -0.3 is 4.90 Å². The van der Waals surface area contributed by atoms with Gasteiger partial charge in [-0.15, -0.1) is 0 Å². The Kier molecular flexibility index (Phi) is 4.73. The Morgan fingerprint density at radius 3 is 2.44 bits per heavy atom. The first-order valence-corrected chi connectivity index (χ1v) is 6.34. The normalized spacial score (nSPS) is 10.2. The minimum atomic E-state index is -0.363. The highest BCUT2D eigenvalue weighted by Crippen LogP contribution is 2.27. The minimum absolute atomic E-state index is 0.144. The molecule has 1 rings (SSSR count). The largest absolute Gasteiger partial charge is 0.372 e. The third kappa shape index (κ3) is 2.72. The number of nitro groups is 1. The van der Waals surface area contributed by atoms with Crippen molar-refractivity contribution in [3.8, 4) is 0 Å². The number of anilines is 1. The summed E-state index contributed by atoms with van der Waals surface area (Å²) in [5.41, 5.74) is 2.16. The van der Waals surface area contributed by atoms with Crippen LogP contribution < -0.4 is 4.90 Å². The summed E-state index contributed by atoms with van der Waals surface area (Å²) < 4.78 is 0. The predicted molar refractivity (Wildman–Crippen MR) is 69.3 cm³/mol. The summed E-state index contributed by atoms with van der Waals surface area (Å²) in [6.07, 6.45) is 0. The van der Waals surface area contributed by atoms with Gasteiger partial charge in [0, 0.05) is 36.2 Å². The molecule has 0 unspecified atom stereocenters. The van der Waals surface area contributed by atoms with Crippen LogP contribution in [0.1, 0.15) is 19.4 Å². The molecule has 0 fully saturated rings. The number of nitro benzene ring substituents is 1. The molecule has 0 aromatic heterocycles. The maximum atomic E-state index is 10.7. The first-order valence-electron chi connectivity index (χ1n) is 5.22. The van der Waals surface area contributed by atoms with Gasteiger partial charge in [-0.05, 0) is 25.5 Å². The minimum Gasteiger partial charge on any atom is -0.372 e. The second kappa shape index (κ2) is 5.84. The molecule has 0 aliphatic heterocycles. The maximum Gasteiger partial charge on any atom is 0.269 e. The number of benzene rings is 1. The molecule has 1 aromatic rings. The fourth-order valence-corrected chi connectivity index (χ4v) is 2.11. The van der Waals surface area contributed by atoms with E-state index in [0.29, 0.717) is 5.33 Å². The Balaban J connectivity index is 3.15. The molecule has 0 aliphatic rings. The summed E-state index contributed by atoms with van der Waals surface area (Å²) in [4.78, 5) is 12.5. The Morgan fingerprint density at radius 2 is 2.00 bits per heavy atom. The molecular weight excluding hydrogens is 272 g/mol. The van der Waals surface area contributed by atoms with Crippen molar-refractivity contribution in [2.24, 2.45) is 0 Å². The molecule has 0 saturated carbocycles. The number of alkyl halides is 1. The zero-order valence-corrected chi connectivity index (χ0v) is 11.0. The van der Waals surface area contributed by atoms with Crippen LogP contribution in [0, 0.1) is 10.1 Å². The summed E-state index contributed by atoms with van der Waals surface area (Å²) in [7, 11) is 0. The van der Waals surface area contributed by atoms with Gasteiger partial charge in [0.2, 0.25) is 0 Å². The number of hydrogen-bond acceptors (Lipinski definition) is 3. The lowest BCUT2D eigenvalue weighted by Gasteiger charge is -2.23. The smallest absolute Gasteiger partial charge is 0.269 e. The third-order valence-corrected chi connectivity index (χ3v) is 3.13. The van der Waals surface area contributed by atoms with Crippen molar-refractivity contribution in [1.29, 1.82) is 0 Å². The summed E-state index contributed by atoms with van der Waals surface area (Å²) in [6, 6.07) is 5.00. The second-order valence-electron chi connectivity index (χ2n) is 3.38. The monoisotopic (exact) mass is 286 g/mol. The molecule has 0 radical (unpaired) electrons. The fourth-order valence-electron chi connectivity index (χ4n) is 1.67. The van der Waals surface area contributed by atoms with E-state index in [1.165, 1.54) is 0 Å². The molecule has 0 spiro atoms. The zero-order chi connectivity index (χ0) is 12.1. The number of rotatable bonds is 5. The molecule has 0 atom stereocenters. The van der Waals surface area contributed by atoms with E-state index in [-0.39, 0.29) is 10.6 Å². The fraction of sp³-hybridized carbons (Fsp3) is 0.455. The first kappa shape index (κ1) is 13.0. The van der Waals surface area contributed by atoms with E-state index < -0.39 is 0 Å². The summed E-state index contributed by atoms with van der Waals surface area (Å²) >= 11 is 3.37. The van der Waals surface area contributed by atoms with Crippen LogP contribution in [0.15, 0.2) is 18.2 Å². The highest BCUT2D eigenvalue weighted by molar-refractivity contribution is 9.08. The van der Waals surface area contributed by atoms with Gasteiger partial charge in [0.05, 0.1) is 4.92 Å². The van der Waals surface area contributed by atoms with Crippen molar-refractivity contribution < 1.29 is 4.92 Å². The highest BCUT2D eigenvalue weighted by atomic mass is 79.9. The van der Waals surface area contributed by atoms with Crippen molar-refractivity contribution in [3.05, 3.63) is 33.9 Å². The second-order valence-corrected chi connectivity index (χ2v) is 3.94. The van der Waals surface area contributed by atoms with E-state index in [9.17, 15) is 10.1 Å². The van der Waals surface area contributed by atoms with Crippen LogP contribution >= 0.6 is 15.9 Å². The quantitative estimate of drug-likeness (QED) is 0.474. The Hall–Kier alpha value is -1.10. The highest BCUT2D eigenvalue weighted by Gasteiger charge is 2.12. The Labute approximate surface area is 104 Å². The molecule has 88 valence electrons. The lowest BCUT2D eigenvalue weighted by molar-refractivity contribution is -0.384. The third-order valence-electron chi connectivity index (χ3n) is 2.52. The van der Waals surface area contributed by atoms with Gasteiger partial charge in [0.15, 0.2) is 0 Å². The topological polar surface area (TPSA) is 46.4 Å². The molecule has 0 aliphatic carbocycles. The molecule has 5 heteroatoms. The van der Waals surface area contributed by atoms with Crippen molar-refractivity contribution in [2.45, 2.75) is 19.2 Å². The standard InChI is InChI=1S/C11H15BrN2O2/c1-3-13(4-2)11-6-5-10(14(15)16)7-9(11)8-12/h5-7H,3-4,8H2,1-2H3. The van der Waals surface area contributed by atoms with Crippen molar-refractivity contribution >= 4 is 27.3 Å². The molecule has 0 bridgehead atoms. The molecule has 0 saturated heterocycles. The van der Waals surface area contributed by atoms with Crippen LogP contribution in [-0.4, -0.2) is 18.0 Å². The van der Waals surface area contributed by atoms with Crippen molar-refractivity contribution in [1.82, 2.24) is 0 Å². The molecule has 0 heterocycles. The number of nitrogens with zero attached hydrogens (tertiary/aromatic N) is 2. The number of non-ortho nitro benzene ring substituents is 1. The molecule has 16 heavy (non-hydrogen) atoms. The summed E-state index contributed by atoms with van der Waals surface area (Å²) in [5.74, 6) is 0. The molecular formula is C11H15BrN2O2. The zero-order valence-electron chi connectivity index (χ0n) is 9.44. The van der Waals surface area contributed by atoms with E-state index in [1.54, 1.807) is 12.1 Å². The Bertz CT molecular complexity index is 378. The number of halogens is 1. The van der Waals surface area contributed by atoms with Crippen LogP contribution in [0.4, 0.5) is 11.4 Å². The van der Waals surface area contributed by atoms with Crippen molar-refractivity contribution in [3.63, 3.8) is 0 Å². The molecule has 1 aromatic carbocycles. The first-order chi connectivity index (χ1) is 7.63. The van der Waals surface area contributed by atoms with E-state index in [1.807, 2.05) is 6.07 Å². The van der Waals surface area contributed by atoms with Crippen LogP contribution in [0.3, 0.4) is 0 Å². The Morgan fingerprint density at radius 1 is 1.38 bits per heavy atom. The van der Waals surface area contributed by atoms with Gasteiger partial charge in [0.1, 0.15) is 0 Å². The average Bonchev–Trinajstić information content (AvgIpc) is 2.30. The van der Waals surface area contributed by atoms with Crippen LogP contribution in [0.2, 0.25) is 0 Å². The number of hydrogen-bond donors (Lipinski definition) is 0. The van der Waals surface area contributed by atoms with Crippen molar-refractivity contribution in [2.75, 3.05) is 18.0 Å². The van der Waals surface area contributed by atoms with Gasteiger partial charge in [0.25, 0.3) is 5.69 Å². The van der Waals surface area contributed by atoms with Crippen LogP contribution in [-0.2, 0) is 5.33 Å². The molecule has 4 nitrogen and oxygen atoms in total. The summed E-state index contributed by atoms with van der Waals surface area (Å²) in [6.45, 7) is 5.94. The van der Waals surface area contributed by atoms with Gasteiger partial charge in [-0.2, -0.15) is 0 Å². The van der Waals surface area contributed by atoms with E-state index in [0.717, 1.165) is 24.3 Å². The van der Waals surface area contributed by atoms with E-state index in [4.69, 9.17) is 0 Å². The lowest BCUT2D eigenvalue weighted by Crippen LogP contribution is -2.22. The van der Waals surface area contributed by atoms with Gasteiger partial charge >= 0.3 is 0 Å². The molecule has 0 amide bonds. The van der Waals surface area contributed by atoms with Gasteiger partial charge in [-0.3, -0.25) is 10.1 Å². The lowest BCUT2D eigenvalue weighted by atomic mass is 10.1. The van der Waals surface area contributed by atoms with Gasteiger partial charge in [-0.1, -0.05) is 15.9 Å².